The quantitative estimate of drug-likeness (QED) is 0.310. The number of nitrogens with one attached hydrogen (secondary N) is 3. The fraction of sp³-hybridized carbons (Fsp3) is 0.0417. The Balaban J connectivity index is 1.48. The summed E-state index contributed by atoms with van der Waals surface area (Å²) in [5.74, 6) is -0.509. The van der Waals surface area contributed by atoms with E-state index in [0.717, 1.165) is 5.56 Å². The maximum Gasteiger partial charge on any atom is 0.250 e. The van der Waals surface area contributed by atoms with Gasteiger partial charge in [0.05, 0.1) is 6.42 Å². The standard InChI is InChI=1S/C24H19Cl2N3O2S/c25-18-8-6-17(21(26)15-18)7-13-22(30)29-24(32)28-20-11-9-19(10-12-20)27-23(31)14-16-4-2-1-3-5-16/h1-13,15H,14H2,(H,27,31)(H2,28,29,30,32)/b13-7+. The minimum Gasteiger partial charge on any atom is -0.332 e. The number of rotatable bonds is 6. The number of hydrogen-bond donors (Lipinski definition) is 3. The topological polar surface area (TPSA) is 70.2 Å². The molecule has 32 heavy (non-hydrogen) atoms. The Kier molecular flexibility index (Phi) is 8.39. The van der Waals surface area contributed by atoms with Crippen LogP contribution in [0.5, 0.6) is 0 Å². The van der Waals surface area contributed by atoms with Crippen LogP contribution in [0.15, 0.2) is 78.9 Å². The third kappa shape index (κ3) is 7.50. The fourth-order valence-electron chi connectivity index (χ4n) is 2.74. The zero-order chi connectivity index (χ0) is 22.9. The number of carbonyl (C=O) groups is 2. The number of hydrogen-bond acceptors (Lipinski definition) is 3. The first-order valence-electron chi connectivity index (χ1n) is 9.58. The smallest absolute Gasteiger partial charge is 0.250 e. The highest BCUT2D eigenvalue weighted by Crippen LogP contribution is 2.22. The van der Waals surface area contributed by atoms with Crippen molar-refractivity contribution in [3.05, 3.63) is 100 Å². The molecular formula is C24H19Cl2N3O2S. The summed E-state index contributed by atoms with van der Waals surface area (Å²) in [4.78, 5) is 24.2. The zero-order valence-electron chi connectivity index (χ0n) is 16.8. The van der Waals surface area contributed by atoms with E-state index in [9.17, 15) is 9.59 Å². The van der Waals surface area contributed by atoms with Gasteiger partial charge in [-0.25, -0.2) is 0 Å². The van der Waals surface area contributed by atoms with Crippen molar-refractivity contribution in [3.63, 3.8) is 0 Å². The summed E-state index contributed by atoms with van der Waals surface area (Å²) < 4.78 is 0. The fourth-order valence-corrected chi connectivity index (χ4v) is 3.43. The molecule has 2 amide bonds. The molecule has 8 heteroatoms. The maximum atomic E-state index is 12.2. The Morgan fingerprint density at radius 3 is 2.19 bits per heavy atom. The van der Waals surface area contributed by atoms with Crippen molar-refractivity contribution < 1.29 is 9.59 Å². The number of thiocarbonyl (C=S) groups is 1. The van der Waals surface area contributed by atoms with Crippen LogP contribution >= 0.6 is 35.4 Å². The zero-order valence-corrected chi connectivity index (χ0v) is 19.1. The van der Waals surface area contributed by atoms with Gasteiger partial charge in [0.15, 0.2) is 5.11 Å². The maximum absolute atomic E-state index is 12.2. The molecule has 3 N–H and O–H groups in total. The highest BCUT2D eigenvalue weighted by atomic mass is 35.5. The molecule has 0 spiro atoms. The van der Waals surface area contributed by atoms with Crippen molar-refractivity contribution in [2.75, 3.05) is 10.6 Å². The van der Waals surface area contributed by atoms with Crippen LogP contribution in [-0.2, 0) is 16.0 Å². The van der Waals surface area contributed by atoms with Gasteiger partial charge in [-0.15, -0.1) is 0 Å². The second-order valence-electron chi connectivity index (χ2n) is 6.73. The summed E-state index contributed by atoms with van der Waals surface area (Å²) in [7, 11) is 0. The molecule has 0 bridgehead atoms. The number of halogens is 2. The molecule has 3 aromatic carbocycles. The van der Waals surface area contributed by atoms with Crippen LogP contribution in [0.2, 0.25) is 10.0 Å². The third-order valence-corrected chi connectivity index (χ3v) is 5.01. The Morgan fingerprint density at radius 2 is 1.53 bits per heavy atom. The SMILES string of the molecule is O=C(/C=C/c1ccc(Cl)cc1Cl)NC(=S)Nc1ccc(NC(=O)Cc2ccccc2)cc1. The van der Waals surface area contributed by atoms with Crippen LogP contribution < -0.4 is 16.0 Å². The second-order valence-corrected chi connectivity index (χ2v) is 7.98. The minimum atomic E-state index is -0.404. The van der Waals surface area contributed by atoms with Gasteiger partial charge in [-0.05, 0) is 65.8 Å². The molecule has 0 atom stereocenters. The molecule has 0 saturated heterocycles. The molecule has 3 rings (SSSR count). The molecule has 5 nitrogen and oxygen atoms in total. The average molecular weight is 484 g/mol. The Morgan fingerprint density at radius 1 is 0.875 bits per heavy atom. The molecule has 0 aliphatic carbocycles. The van der Waals surface area contributed by atoms with Gasteiger partial charge in [0, 0.05) is 27.5 Å². The highest BCUT2D eigenvalue weighted by molar-refractivity contribution is 7.80. The molecule has 0 radical (unpaired) electrons. The Hall–Kier alpha value is -3.19. The van der Waals surface area contributed by atoms with Gasteiger partial charge in [0.2, 0.25) is 11.8 Å². The van der Waals surface area contributed by atoms with E-state index >= 15 is 0 Å². The van der Waals surface area contributed by atoms with Crippen molar-refractivity contribution in [1.82, 2.24) is 5.32 Å². The summed E-state index contributed by atoms with van der Waals surface area (Å²) >= 11 is 17.1. The molecule has 0 saturated carbocycles. The van der Waals surface area contributed by atoms with E-state index in [1.54, 1.807) is 48.5 Å². The van der Waals surface area contributed by atoms with Gasteiger partial charge in [-0.1, -0.05) is 59.6 Å². The summed E-state index contributed by atoms with van der Waals surface area (Å²) in [5, 5.41) is 9.43. The van der Waals surface area contributed by atoms with E-state index in [2.05, 4.69) is 16.0 Å². The lowest BCUT2D eigenvalue weighted by atomic mass is 10.1. The molecular weight excluding hydrogens is 465 g/mol. The van der Waals surface area contributed by atoms with E-state index in [0.29, 0.717) is 33.4 Å². The predicted octanol–water partition coefficient (Wildman–Crippen LogP) is 5.70. The minimum absolute atomic E-state index is 0.104. The lowest BCUT2D eigenvalue weighted by Gasteiger charge is -2.10. The van der Waals surface area contributed by atoms with Crippen LogP contribution in [0.1, 0.15) is 11.1 Å². The number of carbonyl (C=O) groups excluding carboxylic acids is 2. The summed E-state index contributed by atoms with van der Waals surface area (Å²) in [6, 6.07) is 21.5. The van der Waals surface area contributed by atoms with E-state index in [1.165, 1.54) is 6.08 Å². The van der Waals surface area contributed by atoms with Crippen molar-refractivity contribution in [3.8, 4) is 0 Å². The molecule has 0 unspecified atom stereocenters. The second kappa shape index (κ2) is 11.4. The van der Waals surface area contributed by atoms with Gasteiger partial charge < -0.3 is 10.6 Å². The molecule has 0 fully saturated rings. The van der Waals surface area contributed by atoms with Crippen molar-refractivity contribution in [1.29, 1.82) is 0 Å². The van der Waals surface area contributed by atoms with E-state index in [4.69, 9.17) is 35.4 Å². The van der Waals surface area contributed by atoms with Crippen LogP contribution in [0.4, 0.5) is 11.4 Å². The van der Waals surface area contributed by atoms with Gasteiger partial charge in [0.1, 0.15) is 0 Å². The van der Waals surface area contributed by atoms with Crippen LogP contribution in [0.3, 0.4) is 0 Å². The largest absolute Gasteiger partial charge is 0.332 e. The van der Waals surface area contributed by atoms with E-state index in [1.807, 2.05) is 30.3 Å². The first-order chi connectivity index (χ1) is 15.4. The molecule has 0 aliphatic heterocycles. The van der Waals surface area contributed by atoms with Crippen molar-refractivity contribution in [2.45, 2.75) is 6.42 Å². The molecule has 0 heterocycles. The normalized spacial score (nSPS) is 10.6. The first kappa shape index (κ1) is 23.5. The van der Waals surface area contributed by atoms with E-state index < -0.39 is 5.91 Å². The van der Waals surface area contributed by atoms with Gasteiger partial charge in [-0.3, -0.25) is 14.9 Å². The Bertz CT molecular complexity index is 1150. The lowest BCUT2D eigenvalue weighted by Crippen LogP contribution is -2.32. The number of benzene rings is 3. The van der Waals surface area contributed by atoms with Gasteiger partial charge in [0.25, 0.3) is 0 Å². The monoisotopic (exact) mass is 483 g/mol. The Labute approximate surface area is 201 Å². The molecule has 3 aromatic rings. The van der Waals surface area contributed by atoms with Crippen molar-refractivity contribution >= 4 is 69.8 Å². The predicted molar refractivity (Wildman–Crippen MR) is 135 cm³/mol. The third-order valence-electron chi connectivity index (χ3n) is 4.25. The van der Waals surface area contributed by atoms with Gasteiger partial charge in [-0.2, -0.15) is 0 Å². The summed E-state index contributed by atoms with van der Waals surface area (Å²) in [5.41, 5.74) is 2.93. The first-order valence-corrected chi connectivity index (χ1v) is 10.7. The van der Waals surface area contributed by atoms with Crippen LogP contribution in [0, 0.1) is 0 Å². The van der Waals surface area contributed by atoms with Gasteiger partial charge >= 0.3 is 0 Å². The lowest BCUT2D eigenvalue weighted by molar-refractivity contribution is -0.116. The number of amides is 2. The molecule has 0 aliphatic rings. The molecule has 162 valence electrons. The van der Waals surface area contributed by atoms with Crippen LogP contribution in [0.25, 0.3) is 6.08 Å². The number of anilines is 2. The van der Waals surface area contributed by atoms with E-state index in [-0.39, 0.29) is 11.0 Å². The molecule has 0 aromatic heterocycles. The van der Waals surface area contributed by atoms with Crippen molar-refractivity contribution in [2.24, 2.45) is 0 Å². The average Bonchev–Trinajstić information content (AvgIpc) is 2.75. The highest BCUT2D eigenvalue weighted by Gasteiger charge is 2.06. The van der Waals surface area contributed by atoms with Crippen LogP contribution in [-0.4, -0.2) is 16.9 Å². The summed E-state index contributed by atoms with van der Waals surface area (Å²) in [6.45, 7) is 0. The summed E-state index contributed by atoms with van der Waals surface area (Å²) in [6.07, 6.45) is 3.20.